The number of nitrogens with zero attached hydrogens (tertiary/aromatic N) is 3. The molecule has 0 saturated heterocycles. The van der Waals surface area contributed by atoms with Crippen LogP contribution in [0.3, 0.4) is 0 Å². The molecule has 136 valence electrons. The van der Waals surface area contributed by atoms with Crippen LogP contribution in [0.15, 0.2) is 41.4 Å². The summed E-state index contributed by atoms with van der Waals surface area (Å²) in [6, 6.07) is 12.3. The molecule has 3 rings (SSSR count). The van der Waals surface area contributed by atoms with Gasteiger partial charge in [-0.2, -0.15) is 10.3 Å². The van der Waals surface area contributed by atoms with Crippen LogP contribution in [0, 0.1) is 25.2 Å². The van der Waals surface area contributed by atoms with Gasteiger partial charge in [-0.1, -0.05) is 17.4 Å². The minimum absolute atomic E-state index is 0.0289. The molecule has 7 heteroatoms. The molecule has 6 nitrogen and oxygen atoms in total. The first kappa shape index (κ1) is 18.5. The number of aryl methyl sites for hydroxylation is 2. The predicted molar refractivity (Wildman–Crippen MR) is 102 cm³/mol. The number of rotatable bonds is 3. The van der Waals surface area contributed by atoms with Crippen molar-refractivity contribution in [3.63, 3.8) is 0 Å². The van der Waals surface area contributed by atoms with Crippen LogP contribution in [-0.2, 0) is 16.1 Å². The number of carbonyl (C=O) groups is 2. The molecule has 0 aliphatic rings. The van der Waals surface area contributed by atoms with Crippen LogP contribution in [0.1, 0.15) is 27.0 Å². The summed E-state index contributed by atoms with van der Waals surface area (Å²) in [6.45, 7) is 3.94. The molecular formula is C20H17N3O3S. The molecule has 1 heterocycles. The molecule has 1 aromatic heterocycles. The van der Waals surface area contributed by atoms with Crippen LogP contribution in [0.5, 0.6) is 0 Å². The van der Waals surface area contributed by atoms with E-state index in [1.54, 1.807) is 28.8 Å². The highest BCUT2D eigenvalue weighted by atomic mass is 32.1. The maximum Gasteiger partial charge on any atom is 0.325 e. The molecule has 2 aromatic carbocycles. The van der Waals surface area contributed by atoms with Crippen LogP contribution in [-0.4, -0.2) is 23.6 Å². The summed E-state index contributed by atoms with van der Waals surface area (Å²) < 4.78 is 7.46. The third-order valence-electron chi connectivity index (χ3n) is 4.09. The van der Waals surface area contributed by atoms with Gasteiger partial charge in [0.25, 0.3) is 5.91 Å². The van der Waals surface area contributed by atoms with E-state index in [9.17, 15) is 9.59 Å². The Kier molecular flexibility index (Phi) is 5.19. The Morgan fingerprint density at radius 1 is 1.22 bits per heavy atom. The fourth-order valence-electron chi connectivity index (χ4n) is 2.78. The number of carbonyl (C=O) groups excluding carboxylic acids is 2. The van der Waals surface area contributed by atoms with E-state index in [2.05, 4.69) is 4.99 Å². The number of methoxy groups -OCH3 is 1. The summed E-state index contributed by atoms with van der Waals surface area (Å²) >= 11 is 1.36. The lowest BCUT2D eigenvalue weighted by atomic mass is 10.1. The minimum Gasteiger partial charge on any atom is -0.468 e. The second-order valence-corrected chi connectivity index (χ2v) is 7.06. The number of fused-ring (bicyclic) bond motifs is 1. The molecule has 0 bridgehead atoms. The SMILES string of the molecule is COC(=O)Cn1c(=NC(=O)c2ccc(C#N)cc2)sc2c(C)cc(C)cc21. The van der Waals surface area contributed by atoms with Crippen molar-refractivity contribution in [2.24, 2.45) is 4.99 Å². The van der Waals surface area contributed by atoms with E-state index in [1.165, 1.54) is 18.4 Å². The molecule has 3 aromatic rings. The van der Waals surface area contributed by atoms with Gasteiger partial charge in [-0.05, 0) is 55.3 Å². The molecule has 0 saturated carbocycles. The Labute approximate surface area is 160 Å². The second kappa shape index (κ2) is 7.56. The van der Waals surface area contributed by atoms with Crippen molar-refractivity contribution in [1.82, 2.24) is 4.57 Å². The molecule has 27 heavy (non-hydrogen) atoms. The highest BCUT2D eigenvalue weighted by molar-refractivity contribution is 7.16. The lowest BCUT2D eigenvalue weighted by Gasteiger charge is -2.05. The van der Waals surface area contributed by atoms with Gasteiger partial charge in [0, 0.05) is 5.56 Å². The number of esters is 1. The Morgan fingerprint density at radius 2 is 1.93 bits per heavy atom. The van der Waals surface area contributed by atoms with E-state index in [0.717, 1.165) is 21.3 Å². The van der Waals surface area contributed by atoms with Gasteiger partial charge in [-0.25, -0.2) is 0 Å². The van der Waals surface area contributed by atoms with Gasteiger partial charge in [-0.15, -0.1) is 0 Å². The largest absolute Gasteiger partial charge is 0.468 e. The third kappa shape index (κ3) is 3.81. The molecule has 0 spiro atoms. The van der Waals surface area contributed by atoms with Crippen molar-refractivity contribution in [2.45, 2.75) is 20.4 Å². The number of ether oxygens (including phenoxy) is 1. The van der Waals surface area contributed by atoms with Gasteiger partial charge >= 0.3 is 5.97 Å². The third-order valence-corrected chi connectivity index (χ3v) is 5.32. The normalized spacial score (nSPS) is 11.4. The molecule has 0 unspecified atom stereocenters. The first-order valence-electron chi connectivity index (χ1n) is 8.19. The fraction of sp³-hybridized carbons (Fsp3) is 0.200. The zero-order valence-corrected chi connectivity index (χ0v) is 16.0. The average molecular weight is 379 g/mol. The summed E-state index contributed by atoms with van der Waals surface area (Å²) in [4.78, 5) is 29.1. The van der Waals surface area contributed by atoms with Crippen LogP contribution in [0.2, 0.25) is 0 Å². The highest BCUT2D eigenvalue weighted by Crippen LogP contribution is 2.23. The summed E-state index contributed by atoms with van der Waals surface area (Å²) in [5.74, 6) is -0.847. The van der Waals surface area contributed by atoms with E-state index in [0.29, 0.717) is 15.9 Å². The number of nitriles is 1. The standard InChI is InChI=1S/C20H17N3O3S/c1-12-8-13(2)18-16(9-12)23(11-17(24)26-3)20(27-18)22-19(25)15-6-4-14(10-21)5-7-15/h4-9H,11H2,1-3H3. The lowest BCUT2D eigenvalue weighted by Crippen LogP contribution is -2.22. The Morgan fingerprint density at radius 3 is 2.56 bits per heavy atom. The Balaban J connectivity index is 2.16. The van der Waals surface area contributed by atoms with Crippen LogP contribution in [0.25, 0.3) is 10.2 Å². The lowest BCUT2D eigenvalue weighted by molar-refractivity contribution is -0.141. The van der Waals surface area contributed by atoms with E-state index >= 15 is 0 Å². The first-order chi connectivity index (χ1) is 12.9. The van der Waals surface area contributed by atoms with Gasteiger partial charge < -0.3 is 9.30 Å². The van der Waals surface area contributed by atoms with Gasteiger partial charge in [0.2, 0.25) is 0 Å². The van der Waals surface area contributed by atoms with E-state index in [1.807, 2.05) is 32.0 Å². The molecule has 0 aliphatic heterocycles. The molecule has 0 aliphatic carbocycles. The van der Waals surface area contributed by atoms with Crippen molar-refractivity contribution >= 4 is 33.4 Å². The maximum absolute atomic E-state index is 12.6. The van der Waals surface area contributed by atoms with Crippen molar-refractivity contribution in [3.05, 3.63) is 63.5 Å². The summed E-state index contributed by atoms with van der Waals surface area (Å²) in [5, 5.41) is 8.87. The van der Waals surface area contributed by atoms with Crippen molar-refractivity contribution in [1.29, 1.82) is 5.26 Å². The summed E-state index contributed by atoms with van der Waals surface area (Å²) in [6.07, 6.45) is 0. The number of aromatic nitrogens is 1. The van der Waals surface area contributed by atoms with Gasteiger partial charge in [0.1, 0.15) is 6.54 Å². The number of benzene rings is 2. The minimum atomic E-state index is -0.431. The number of hydrogen-bond acceptors (Lipinski definition) is 5. The number of amides is 1. The summed E-state index contributed by atoms with van der Waals surface area (Å²) in [7, 11) is 1.33. The molecule has 0 radical (unpaired) electrons. The van der Waals surface area contributed by atoms with Gasteiger partial charge in [-0.3, -0.25) is 9.59 Å². The van der Waals surface area contributed by atoms with Gasteiger partial charge in [0.05, 0.1) is 29.0 Å². The Bertz CT molecular complexity index is 1150. The van der Waals surface area contributed by atoms with E-state index < -0.39 is 11.9 Å². The van der Waals surface area contributed by atoms with E-state index in [4.69, 9.17) is 10.00 Å². The van der Waals surface area contributed by atoms with E-state index in [-0.39, 0.29) is 6.54 Å². The van der Waals surface area contributed by atoms with Crippen LogP contribution in [0.4, 0.5) is 0 Å². The molecular weight excluding hydrogens is 362 g/mol. The summed E-state index contributed by atoms with van der Waals surface area (Å²) in [5.41, 5.74) is 3.81. The number of thiazole rings is 1. The zero-order valence-electron chi connectivity index (χ0n) is 15.1. The molecule has 0 atom stereocenters. The average Bonchev–Trinajstić information content (AvgIpc) is 2.99. The zero-order chi connectivity index (χ0) is 19.6. The molecule has 0 fully saturated rings. The molecule has 0 N–H and O–H groups in total. The topological polar surface area (TPSA) is 84.5 Å². The second-order valence-electron chi connectivity index (χ2n) is 6.08. The quantitative estimate of drug-likeness (QED) is 0.655. The van der Waals surface area contributed by atoms with Crippen LogP contribution < -0.4 is 4.80 Å². The smallest absolute Gasteiger partial charge is 0.325 e. The van der Waals surface area contributed by atoms with Crippen molar-refractivity contribution in [3.8, 4) is 6.07 Å². The maximum atomic E-state index is 12.6. The monoisotopic (exact) mass is 379 g/mol. The van der Waals surface area contributed by atoms with Gasteiger partial charge in [0.15, 0.2) is 4.80 Å². The van der Waals surface area contributed by atoms with Crippen molar-refractivity contribution < 1.29 is 14.3 Å². The Hall–Kier alpha value is -3.24. The predicted octanol–water partition coefficient (Wildman–Crippen LogP) is 3.11. The highest BCUT2D eigenvalue weighted by Gasteiger charge is 2.14. The number of hydrogen-bond donors (Lipinski definition) is 0. The molecule has 1 amide bonds. The fourth-order valence-corrected chi connectivity index (χ4v) is 3.86. The van der Waals surface area contributed by atoms with Crippen molar-refractivity contribution in [2.75, 3.05) is 7.11 Å². The van der Waals surface area contributed by atoms with Crippen LogP contribution >= 0.6 is 11.3 Å². The first-order valence-corrected chi connectivity index (χ1v) is 9.01.